The molecule has 1 N–H and O–H groups in total. The maximum atomic E-state index is 14.1. The van der Waals surface area contributed by atoms with Gasteiger partial charge in [-0.15, -0.1) is 0 Å². The van der Waals surface area contributed by atoms with Crippen molar-refractivity contribution in [1.82, 2.24) is 19.2 Å². The van der Waals surface area contributed by atoms with E-state index in [1.165, 1.54) is 12.1 Å². The Morgan fingerprint density at radius 2 is 1.89 bits per heavy atom. The molecule has 0 saturated carbocycles. The molecule has 7 aromatic rings. The third-order valence-corrected chi connectivity index (χ3v) is 7.43. The van der Waals surface area contributed by atoms with Crippen LogP contribution in [0.3, 0.4) is 0 Å². The molecule has 3 aromatic carbocycles. The number of hydrogen-bond donors (Lipinski definition) is 1. The number of imidazole rings is 1. The molecule has 0 radical (unpaired) electrons. The van der Waals surface area contributed by atoms with Gasteiger partial charge in [0.15, 0.2) is 17.2 Å². The molecule has 0 bridgehead atoms. The zero-order valence-electron chi connectivity index (χ0n) is 19.9. The molecule has 0 aliphatic carbocycles. The van der Waals surface area contributed by atoms with Crippen molar-refractivity contribution in [1.29, 1.82) is 0 Å². The molecule has 0 atom stereocenters. The summed E-state index contributed by atoms with van der Waals surface area (Å²) in [7, 11) is 1.88. The number of fused-ring (bicyclic) bond motifs is 4. The van der Waals surface area contributed by atoms with Crippen LogP contribution >= 0.6 is 11.3 Å². The van der Waals surface area contributed by atoms with Crippen LogP contribution in [-0.4, -0.2) is 24.9 Å². The van der Waals surface area contributed by atoms with Crippen LogP contribution in [0.15, 0.2) is 83.7 Å². The lowest BCUT2D eigenvalue weighted by molar-refractivity contribution is 0.103. The summed E-state index contributed by atoms with van der Waals surface area (Å²) in [4.78, 5) is 18.4. The molecule has 0 fully saturated rings. The Hall–Kier alpha value is -4.76. The number of halogens is 2. The molecular weight excluding hydrogens is 506 g/mol. The highest BCUT2D eigenvalue weighted by atomic mass is 32.1. The summed E-state index contributed by atoms with van der Waals surface area (Å²) in [5.41, 5.74) is 5.83. The summed E-state index contributed by atoms with van der Waals surface area (Å²) >= 11 is 1.63. The second kappa shape index (κ2) is 8.39. The normalized spacial score (nSPS) is 11.7. The molecule has 7 rings (SSSR count). The number of nitrogens with zero attached hydrogens (tertiary/aromatic N) is 3. The van der Waals surface area contributed by atoms with Crippen LogP contribution in [0.2, 0.25) is 0 Å². The Kier molecular flexibility index (Phi) is 4.95. The fourth-order valence-corrected chi connectivity index (χ4v) is 5.53. The van der Waals surface area contributed by atoms with Gasteiger partial charge in [0, 0.05) is 30.2 Å². The van der Waals surface area contributed by atoms with E-state index in [2.05, 4.69) is 27.6 Å². The van der Waals surface area contributed by atoms with Gasteiger partial charge in [0.2, 0.25) is 11.6 Å². The summed E-state index contributed by atoms with van der Waals surface area (Å²) in [6, 6.07) is 18.8. The summed E-state index contributed by atoms with van der Waals surface area (Å²) in [6.07, 6.45) is 1.65. The number of thiophene rings is 1. The van der Waals surface area contributed by atoms with Gasteiger partial charge in [-0.2, -0.15) is 15.7 Å². The number of rotatable bonds is 5. The summed E-state index contributed by atoms with van der Waals surface area (Å²) in [5.74, 6) is -2.14. The lowest BCUT2D eigenvalue weighted by Crippen LogP contribution is -2.06. The quantitative estimate of drug-likeness (QED) is 0.240. The Labute approximate surface area is 218 Å². The highest BCUT2D eigenvalue weighted by Crippen LogP contribution is 2.34. The van der Waals surface area contributed by atoms with Gasteiger partial charge in [-0.3, -0.25) is 9.89 Å². The van der Waals surface area contributed by atoms with Crippen molar-refractivity contribution >= 4 is 44.7 Å². The zero-order chi connectivity index (χ0) is 26.0. The standard InChI is InChI=1S/C29H18F2N4O2S/c1-34-23-6-2-4-18(16-10-11-38-15-16)19(23)13-25(34)28(36)20-14-32-35-24-9-8-17(12-22(24)33-29(20)35)37-26-7-3-5-21(30)27(26)31/h2-15,32H,1H3. The van der Waals surface area contributed by atoms with Crippen LogP contribution in [0, 0.1) is 11.6 Å². The first-order valence-corrected chi connectivity index (χ1v) is 12.7. The van der Waals surface area contributed by atoms with Crippen molar-refractivity contribution in [3.05, 3.63) is 107 Å². The van der Waals surface area contributed by atoms with Gasteiger partial charge in [-0.25, -0.2) is 13.9 Å². The largest absolute Gasteiger partial charge is 0.454 e. The summed E-state index contributed by atoms with van der Waals surface area (Å²) in [6.45, 7) is 0. The van der Waals surface area contributed by atoms with Gasteiger partial charge >= 0.3 is 0 Å². The number of carbonyl (C=O) groups excluding carboxylic acids is 1. The number of aryl methyl sites for hydroxylation is 1. The minimum absolute atomic E-state index is 0.167. The summed E-state index contributed by atoms with van der Waals surface area (Å²) in [5, 5.41) is 8.24. The van der Waals surface area contributed by atoms with Crippen molar-refractivity contribution in [2.24, 2.45) is 7.05 Å². The second-order valence-electron chi connectivity index (χ2n) is 8.93. The number of nitrogens with one attached hydrogen (secondary N) is 1. The number of aromatic nitrogens is 4. The smallest absolute Gasteiger partial charge is 0.214 e. The summed E-state index contributed by atoms with van der Waals surface area (Å²) < 4.78 is 36.8. The predicted molar refractivity (Wildman–Crippen MR) is 143 cm³/mol. The van der Waals surface area contributed by atoms with Crippen molar-refractivity contribution in [3.8, 4) is 22.6 Å². The maximum Gasteiger partial charge on any atom is 0.214 e. The van der Waals surface area contributed by atoms with Crippen molar-refractivity contribution in [2.45, 2.75) is 0 Å². The average Bonchev–Trinajstić information content (AvgIpc) is 3.70. The van der Waals surface area contributed by atoms with Crippen LogP contribution in [0.1, 0.15) is 16.1 Å². The van der Waals surface area contributed by atoms with E-state index in [-0.39, 0.29) is 11.5 Å². The number of H-pyrrole nitrogens is 1. The highest BCUT2D eigenvalue weighted by Gasteiger charge is 2.23. The predicted octanol–water partition coefficient (Wildman–Crippen LogP) is 7.34. The number of carbonyl (C=O) groups is 1. The number of hydrogen-bond acceptors (Lipinski definition) is 4. The van der Waals surface area contributed by atoms with E-state index in [0.717, 1.165) is 28.1 Å². The molecule has 0 saturated heterocycles. The molecule has 9 heteroatoms. The topological polar surface area (TPSA) is 64.3 Å². The first-order chi connectivity index (χ1) is 18.5. The molecule has 4 aromatic heterocycles. The fourth-order valence-electron chi connectivity index (χ4n) is 4.87. The molecule has 0 spiro atoms. The minimum Gasteiger partial charge on any atom is -0.454 e. The van der Waals surface area contributed by atoms with Gasteiger partial charge in [0.05, 0.1) is 22.3 Å². The minimum atomic E-state index is -1.06. The Balaban J connectivity index is 1.29. The van der Waals surface area contributed by atoms with Gasteiger partial charge in [0.1, 0.15) is 5.75 Å². The van der Waals surface area contributed by atoms with Gasteiger partial charge in [0.25, 0.3) is 0 Å². The van der Waals surface area contributed by atoms with Crippen LogP contribution in [0.25, 0.3) is 38.7 Å². The molecule has 38 heavy (non-hydrogen) atoms. The van der Waals surface area contributed by atoms with Gasteiger partial charge in [-0.05, 0) is 64.4 Å². The van der Waals surface area contributed by atoms with Crippen LogP contribution in [-0.2, 0) is 7.05 Å². The van der Waals surface area contributed by atoms with Crippen LogP contribution in [0.4, 0.5) is 8.78 Å². The third-order valence-electron chi connectivity index (χ3n) is 6.75. The molecule has 0 unspecified atom stereocenters. The number of ketones is 1. The molecule has 6 nitrogen and oxygen atoms in total. The molecule has 0 aliphatic rings. The molecule has 4 heterocycles. The Bertz CT molecular complexity index is 2020. The first-order valence-electron chi connectivity index (χ1n) is 11.8. The number of ether oxygens (including phenoxy) is 1. The number of benzene rings is 3. The van der Waals surface area contributed by atoms with E-state index in [1.54, 1.807) is 40.2 Å². The fraction of sp³-hybridized carbons (Fsp3) is 0.0345. The monoisotopic (exact) mass is 524 g/mol. The van der Waals surface area contributed by atoms with E-state index in [1.807, 2.05) is 35.2 Å². The SMILES string of the molecule is Cn1c(C(=O)c2c[nH]n3c2nc2cc(Oc4cccc(F)c4F)ccc23)cc2c(-c3ccsc3)cccc21. The molecular formula is C29H18F2N4O2S. The van der Waals surface area contributed by atoms with E-state index in [9.17, 15) is 13.6 Å². The van der Waals surface area contributed by atoms with Crippen molar-refractivity contribution in [3.63, 3.8) is 0 Å². The zero-order valence-corrected chi connectivity index (χ0v) is 20.7. The van der Waals surface area contributed by atoms with E-state index < -0.39 is 11.6 Å². The molecule has 186 valence electrons. The lowest BCUT2D eigenvalue weighted by atomic mass is 10.0. The van der Waals surface area contributed by atoms with Crippen LogP contribution < -0.4 is 4.74 Å². The van der Waals surface area contributed by atoms with E-state index in [4.69, 9.17) is 4.74 Å². The average molecular weight is 525 g/mol. The Morgan fingerprint density at radius 1 is 1.03 bits per heavy atom. The van der Waals surface area contributed by atoms with Crippen LogP contribution in [0.5, 0.6) is 11.5 Å². The van der Waals surface area contributed by atoms with Gasteiger partial charge < -0.3 is 9.30 Å². The first kappa shape index (κ1) is 22.4. The molecule has 0 aliphatic heterocycles. The second-order valence-corrected chi connectivity index (χ2v) is 9.71. The molecule has 0 amide bonds. The number of aromatic amines is 1. The van der Waals surface area contributed by atoms with Crippen molar-refractivity contribution < 1.29 is 18.3 Å². The lowest BCUT2D eigenvalue weighted by Gasteiger charge is -2.06. The van der Waals surface area contributed by atoms with E-state index in [0.29, 0.717) is 33.7 Å². The Morgan fingerprint density at radius 3 is 2.74 bits per heavy atom. The maximum absolute atomic E-state index is 14.1. The van der Waals surface area contributed by atoms with E-state index >= 15 is 0 Å². The van der Waals surface area contributed by atoms with Crippen molar-refractivity contribution in [2.75, 3.05) is 0 Å². The highest BCUT2D eigenvalue weighted by molar-refractivity contribution is 7.08. The third kappa shape index (κ3) is 3.36. The van der Waals surface area contributed by atoms with Gasteiger partial charge in [-0.1, -0.05) is 18.2 Å².